The van der Waals surface area contributed by atoms with E-state index in [9.17, 15) is 13.9 Å². The number of aliphatic hydroxyl groups is 1. The van der Waals surface area contributed by atoms with Crippen molar-refractivity contribution in [3.05, 3.63) is 29.8 Å². The van der Waals surface area contributed by atoms with Gasteiger partial charge in [0.15, 0.2) is 5.96 Å². The average Bonchev–Trinajstić information content (AvgIpc) is 3.14. The van der Waals surface area contributed by atoms with E-state index in [1.165, 1.54) is 18.2 Å². The molecule has 0 amide bonds. The second-order valence-corrected chi connectivity index (χ2v) is 7.83. The van der Waals surface area contributed by atoms with Crippen LogP contribution < -0.4 is 15.5 Å². The summed E-state index contributed by atoms with van der Waals surface area (Å²) in [5.41, 5.74) is 0.0605. The number of hydrogen-bond acceptors (Lipinski definition) is 4. The molecule has 2 aliphatic rings. The predicted molar refractivity (Wildman–Crippen MR) is 128 cm³/mol. The lowest BCUT2D eigenvalue weighted by atomic mass is 10.1. The number of nitrogens with zero attached hydrogens (tertiary/aromatic N) is 3. The van der Waals surface area contributed by atoms with Crippen LogP contribution in [0.25, 0.3) is 0 Å². The minimum Gasteiger partial charge on any atom is -0.393 e. The third-order valence-corrected chi connectivity index (χ3v) is 5.59. The van der Waals surface area contributed by atoms with Gasteiger partial charge in [0.1, 0.15) is 17.3 Å². The number of anilines is 1. The molecule has 0 saturated carbocycles. The molecule has 0 aromatic heterocycles. The van der Waals surface area contributed by atoms with Crippen molar-refractivity contribution >= 4 is 35.6 Å². The predicted octanol–water partition coefficient (Wildman–Crippen LogP) is 2.56. The second kappa shape index (κ2) is 12.6. The van der Waals surface area contributed by atoms with Crippen LogP contribution in [0.3, 0.4) is 0 Å². The van der Waals surface area contributed by atoms with Crippen molar-refractivity contribution in [1.82, 2.24) is 15.5 Å². The molecule has 3 rings (SSSR count). The van der Waals surface area contributed by atoms with Crippen molar-refractivity contribution in [2.75, 3.05) is 50.7 Å². The van der Waals surface area contributed by atoms with Crippen LogP contribution in [0.1, 0.15) is 32.6 Å². The van der Waals surface area contributed by atoms with Crippen molar-refractivity contribution in [2.24, 2.45) is 4.99 Å². The van der Waals surface area contributed by atoms with E-state index in [0.29, 0.717) is 19.6 Å². The highest BCUT2D eigenvalue weighted by molar-refractivity contribution is 14.0. The molecule has 1 unspecified atom stereocenters. The van der Waals surface area contributed by atoms with Gasteiger partial charge in [0, 0.05) is 45.3 Å². The minimum absolute atomic E-state index is 0. The number of hydrogen-bond donors (Lipinski definition) is 3. The lowest BCUT2D eigenvalue weighted by molar-refractivity contribution is 0.0824. The Labute approximate surface area is 195 Å². The van der Waals surface area contributed by atoms with E-state index in [2.05, 4.69) is 20.5 Å². The molecule has 0 bridgehead atoms. The van der Waals surface area contributed by atoms with Crippen LogP contribution >= 0.6 is 24.0 Å². The van der Waals surface area contributed by atoms with Crippen LogP contribution in [0.5, 0.6) is 0 Å². The Hall–Kier alpha value is -1.20. The summed E-state index contributed by atoms with van der Waals surface area (Å²) in [6.07, 6.45) is 3.33. The minimum atomic E-state index is -0.517. The molecule has 30 heavy (non-hydrogen) atoms. The number of benzene rings is 1. The zero-order valence-electron chi connectivity index (χ0n) is 17.6. The Kier molecular flexibility index (Phi) is 10.5. The highest BCUT2D eigenvalue weighted by atomic mass is 127. The number of halogens is 3. The fourth-order valence-corrected chi connectivity index (χ4v) is 4.01. The molecule has 0 radical (unpaired) electrons. The number of piperidine rings is 1. The smallest absolute Gasteiger partial charge is 0.191 e. The molecular weight excluding hydrogens is 503 g/mol. The molecule has 0 aliphatic carbocycles. The zero-order chi connectivity index (χ0) is 20.6. The molecule has 3 N–H and O–H groups in total. The van der Waals surface area contributed by atoms with E-state index >= 15 is 0 Å². The van der Waals surface area contributed by atoms with Gasteiger partial charge < -0.3 is 25.5 Å². The first-order chi connectivity index (χ1) is 14.1. The molecule has 2 heterocycles. The summed E-state index contributed by atoms with van der Waals surface area (Å²) < 4.78 is 28.1. The maximum atomic E-state index is 14.0. The number of likely N-dealkylation sites (tertiary alicyclic amines) is 1. The molecule has 1 atom stereocenters. The maximum Gasteiger partial charge on any atom is 0.191 e. The van der Waals surface area contributed by atoms with Crippen LogP contribution in [-0.2, 0) is 0 Å². The first kappa shape index (κ1) is 25.1. The standard InChI is InChI=1S/C21H33F2N5O.HI/c1-2-24-21(25-10-4-11-27-12-8-17(29)9-13-27)26-16-7-14-28(15-16)20-18(22)5-3-6-19(20)23;/h3,5-6,16-17,29H,2,4,7-15H2,1H3,(H2,24,25,26);1H. The summed E-state index contributed by atoms with van der Waals surface area (Å²) in [4.78, 5) is 8.80. The number of aliphatic imine (C=N–C) groups is 1. The first-order valence-corrected chi connectivity index (χ1v) is 10.7. The van der Waals surface area contributed by atoms with Gasteiger partial charge in [0.25, 0.3) is 0 Å². The normalized spacial score (nSPS) is 20.9. The molecule has 9 heteroatoms. The molecule has 2 fully saturated rings. The van der Waals surface area contributed by atoms with Crippen LogP contribution in [0.2, 0.25) is 0 Å². The lowest BCUT2D eigenvalue weighted by Crippen LogP contribution is -2.45. The Bertz CT molecular complexity index is 665. The molecule has 1 aromatic rings. The van der Waals surface area contributed by atoms with E-state index in [-0.39, 0.29) is 41.8 Å². The van der Waals surface area contributed by atoms with Gasteiger partial charge in [-0.3, -0.25) is 4.99 Å². The van der Waals surface area contributed by atoms with Crippen LogP contribution in [0, 0.1) is 11.6 Å². The molecule has 2 aliphatic heterocycles. The number of nitrogens with one attached hydrogen (secondary N) is 2. The topological polar surface area (TPSA) is 63.1 Å². The quantitative estimate of drug-likeness (QED) is 0.216. The van der Waals surface area contributed by atoms with E-state index < -0.39 is 11.6 Å². The molecule has 6 nitrogen and oxygen atoms in total. The average molecular weight is 537 g/mol. The van der Waals surface area contributed by atoms with Crippen molar-refractivity contribution in [3.63, 3.8) is 0 Å². The third-order valence-electron chi connectivity index (χ3n) is 5.59. The Morgan fingerprint density at radius 1 is 1.17 bits per heavy atom. The Balaban J connectivity index is 0.00000320. The highest BCUT2D eigenvalue weighted by Crippen LogP contribution is 2.26. The van der Waals surface area contributed by atoms with E-state index in [1.54, 1.807) is 4.90 Å². The second-order valence-electron chi connectivity index (χ2n) is 7.83. The summed E-state index contributed by atoms with van der Waals surface area (Å²) >= 11 is 0. The van der Waals surface area contributed by atoms with Gasteiger partial charge in [0.05, 0.1) is 6.10 Å². The van der Waals surface area contributed by atoms with Crippen LogP contribution in [0.15, 0.2) is 23.2 Å². The van der Waals surface area contributed by atoms with E-state index in [0.717, 1.165) is 57.8 Å². The van der Waals surface area contributed by atoms with E-state index in [4.69, 9.17) is 0 Å². The van der Waals surface area contributed by atoms with Crippen LogP contribution in [0.4, 0.5) is 14.5 Å². The van der Waals surface area contributed by atoms with Crippen molar-refractivity contribution in [3.8, 4) is 0 Å². The Morgan fingerprint density at radius 3 is 2.53 bits per heavy atom. The number of guanidine groups is 1. The summed E-state index contributed by atoms with van der Waals surface area (Å²) in [6.45, 7) is 7.53. The molecule has 1 aromatic carbocycles. The lowest BCUT2D eigenvalue weighted by Gasteiger charge is -2.29. The molecule has 170 valence electrons. The fourth-order valence-electron chi connectivity index (χ4n) is 4.01. The van der Waals surface area contributed by atoms with Gasteiger partial charge in [-0.15, -0.1) is 24.0 Å². The van der Waals surface area contributed by atoms with Gasteiger partial charge >= 0.3 is 0 Å². The summed E-state index contributed by atoms with van der Waals surface area (Å²) in [5, 5.41) is 16.2. The van der Waals surface area contributed by atoms with E-state index in [1.807, 2.05) is 6.92 Å². The monoisotopic (exact) mass is 537 g/mol. The fraction of sp³-hybridized carbons (Fsp3) is 0.667. The van der Waals surface area contributed by atoms with Crippen molar-refractivity contribution in [2.45, 2.75) is 44.8 Å². The highest BCUT2D eigenvalue weighted by Gasteiger charge is 2.27. The summed E-state index contributed by atoms with van der Waals surface area (Å²) in [6, 6.07) is 4.08. The molecular formula is C21H34F2IN5O. The zero-order valence-corrected chi connectivity index (χ0v) is 19.9. The maximum absolute atomic E-state index is 14.0. The third kappa shape index (κ3) is 7.19. The summed E-state index contributed by atoms with van der Waals surface area (Å²) in [5.74, 6) is -0.282. The van der Waals surface area contributed by atoms with Gasteiger partial charge in [0.2, 0.25) is 0 Å². The Morgan fingerprint density at radius 2 is 1.87 bits per heavy atom. The van der Waals surface area contributed by atoms with Crippen molar-refractivity contribution in [1.29, 1.82) is 0 Å². The van der Waals surface area contributed by atoms with Crippen LogP contribution in [-0.4, -0.2) is 73.9 Å². The first-order valence-electron chi connectivity index (χ1n) is 10.7. The van der Waals surface area contributed by atoms with Gasteiger partial charge in [-0.2, -0.15) is 0 Å². The summed E-state index contributed by atoms with van der Waals surface area (Å²) in [7, 11) is 0. The largest absolute Gasteiger partial charge is 0.393 e. The number of aliphatic hydroxyl groups excluding tert-OH is 1. The van der Waals surface area contributed by atoms with Gasteiger partial charge in [-0.1, -0.05) is 6.07 Å². The number of rotatable bonds is 7. The SMILES string of the molecule is CCNC(=NCCCN1CCC(O)CC1)NC1CCN(c2c(F)cccc2F)C1.I. The van der Waals surface area contributed by atoms with Crippen molar-refractivity contribution < 1.29 is 13.9 Å². The molecule has 0 spiro atoms. The van der Waals surface area contributed by atoms with Gasteiger partial charge in [-0.05, 0) is 51.3 Å². The molecule has 2 saturated heterocycles. The van der Waals surface area contributed by atoms with Gasteiger partial charge in [-0.25, -0.2) is 8.78 Å². The number of para-hydroxylation sites is 1.